The number of ether oxygens (including phenoxy) is 1. The van der Waals surface area contributed by atoms with E-state index in [9.17, 15) is 0 Å². The van der Waals surface area contributed by atoms with Crippen molar-refractivity contribution in [2.75, 3.05) is 39.9 Å². The zero-order valence-corrected chi connectivity index (χ0v) is 19.3. The van der Waals surface area contributed by atoms with E-state index in [0.717, 1.165) is 51.0 Å². The Kier molecular flexibility index (Phi) is 9.88. The van der Waals surface area contributed by atoms with Gasteiger partial charge >= 0.3 is 0 Å². The van der Waals surface area contributed by atoms with Gasteiger partial charge in [0, 0.05) is 57.6 Å². The SMILES string of the molecule is CN=C(NCc1c(C)nn(C)c1C)NCC(C(C)C)N1CCOCC1.I. The maximum atomic E-state index is 5.48. The Morgan fingerprint density at radius 3 is 2.38 bits per heavy atom. The first-order valence-electron chi connectivity index (χ1n) is 9.19. The average Bonchev–Trinajstić information content (AvgIpc) is 2.84. The summed E-state index contributed by atoms with van der Waals surface area (Å²) in [5.41, 5.74) is 3.49. The number of guanidine groups is 1. The molecule has 0 radical (unpaired) electrons. The van der Waals surface area contributed by atoms with E-state index in [0.29, 0.717) is 12.0 Å². The fraction of sp³-hybridized carbons (Fsp3) is 0.778. The molecule has 0 saturated carbocycles. The van der Waals surface area contributed by atoms with Gasteiger partial charge in [0.25, 0.3) is 0 Å². The standard InChI is InChI=1S/C18H34N6O.HI/c1-13(2)17(24-7-9-25-10-8-24)12-21-18(19-5)20-11-16-14(3)22-23(6)15(16)4;/h13,17H,7-12H2,1-6H3,(H2,19,20,21);1H. The molecule has 2 N–H and O–H groups in total. The monoisotopic (exact) mass is 478 g/mol. The van der Waals surface area contributed by atoms with Crippen LogP contribution in [0.1, 0.15) is 30.8 Å². The Morgan fingerprint density at radius 2 is 1.88 bits per heavy atom. The zero-order valence-electron chi connectivity index (χ0n) is 17.0. The van der Waals surface area contributed by atoms with Crippen molar-refractivity contribution < 1.29 is 4.74 Å². The largest absolute Gasteiger partial charge is 0.379 e. The van der Waals surface area contributed by atoms with Crippen LogP contribution in [-0.2, 0) is 18.3 Å². The maximum absolute atomic E-state index is 5.48. The lowest BCUT2D eigenvalue weighted by atomic mass is 10.0. The van der Waals surface area contributed by atoms with E-state index in [4.69, 9.17) is 4.74 Å². The van der Waals surface area contributed by atoms with Gasteiger partial charge in [-0.15, -0.1) is 24.0 Å². The highest BCUT2D eigenvalue weighted by atomic mass is 127. The van der Waals surface area contributed by atoms with Gasteiger partial charge in [-0.2, -0.15) is 5.10 Å². The highest BCUT2D eigenvalue weighted by Crippen LogP contribution is 2.13. The average molecular weight is 478 g/mol. The minimum absolute atomic E-state index is 0. The van der Waals surface area contributed by atoms with Crippen molar-refractivity contribution in [2.24, 2.45) is 18.0 Å². The van der Waals surface area contributed by atoms with Crippen LogP contribution in [0.3, 0.4) is 0 Å². The Morgan fingerprint density at radius 1 is 1.23 bits per heavy atom. The molecule has 1 aliphatic rings. The van der Waals surface area contributed by atoms with E-state index in [1.54, 1.807) is 0 Å². The van der Waals surface area contributed by atoms with Crippen LogP contribution in [0.15, 0.2) is 4.99 Å². The lowest BCUT2D eigenvalue weighted by molar-refractivity contribution is 0.00752. The van der Waals surface area contributed by atoms with E-state index in [-0.39, 0.29) is 24.0 Å². The first-order chi connectivity index (χ1) is 11.9. The molecule has 0 aliphatic carbocycles. The van der Waals surface area contributed by atoms with Gasteiger partial charge in [-0.3, -0.25) is 14.6 Å². The second-order valence-corrected chi connectivity index (χ2v) is 7.04. The highest BCUT2D eigenvalue weighted by molar-refractivity contribution is 14.0. The second kappa shape index (κ2) is 11.1. The van der Waals surface area contributed by atoms with Gasteiger partial charge in [0.2, 0.25) is 0 Å². The Balaban J connectivity index is 0.00000338. The third-order valence-electron chi connectivity index (χ3n) is 5.08. The molecule has 7 nitrogen and oxygen atoms in total. The summed E-state index contributed by atoms with van der Waals surface area (Å²) in [6.45, 7) is 14.0. The minimum Gasteiger partial charge on any atom is -0.379 e. The second-order valence-electron chi connectivity index (χ2n) is 7.04. The lowest BCUT2D eigenvalue weighted by Gasteiger charge is -2.37. The van der Waals surface area contributed by atoms with Crippen molar-refractivity contribution in [2.45, 2.75) is 40.3 Å². The number of aliphatic imine (C=N–C) groups is 1. The third kappa shape index (κ3) is 6.09. The highest BCUT2D eigenvalue weighted by Gasteiger charge is 2.23. The molecule has 1 fully saturated rings. The van der Waals surface area contributed by atoms with Gasteiger partial charge in [0.05, 0.1) is 18.9 Å². The van der Waals surface area contributed by atoms with Crippen molar-refractivity contribution in [3.05, 3.63) is 17.0 Å². The molecule has 0 spiro atoms. The van der Waals surface area contributed by atoms with E-state index < -0.39 is 0 Å². The number of hydrogen-bond acceptors (Lipinski definition) is 4. The number of halogens is 1. The van der Waals surface area contributed by atoms with Gasteiger partial charge < -0.3 is 15.4 Å². The maximum Gasteiger partial charge on any atom is 0.191 e. The molecule has 26 heavy (non-hydrogen) atoms. The molecular weight excluding hydrogens is 443 g/mol. The molecule has 0 amide bonds. The van der Waals surface area contributed by atoms with Gasteiger partial charge in [-0.05, 0) is 19.8 Å². The Hall–Kier alpha value is -0.870. The number of nitrogens with zero attached hydrogens (tertiary/aromatic N) is 4. The predicted octanol–water partition coefficient (Wildman–Crippen LogP) is 1.68. The molecular formula is C18H35IN6O. The summed E-state index contributed by atoms with van der Waals surface area (Å²) in [7, 11) is 3.80. The topological polar surface area (TPSA) is 66.7 Å². The number of aryl methyl sites for hydroxylation is 2. The summed E-state index contributed by atoms with van der Waals surface area (Å²) in [6.07, 6.45) is 0. The van der Waals surface area contributed by atoms with Gasteiger partial charge in [0.1, 0.15) is 0 Å². The number of hydrogen-bond donors (Lipinski definition) is 2. The van der Waals surface area contributed by atoms with Crippen LogP contribution in [0.25, 0.3) is 0 Å². The lowest BCUT2D eigenvalue weighted by Crippen LogP contribution is -2.52. The fourth-order valence-corrected chi connectivity index (χ4v) is 3.36. The molecule has 8 heteroatoms. The smallest absolute Gasteiger partial charge is 0.191 e. The zero-order chi connectivity index (χ0) is 18.4. The molecule has 0 bridgehead atoms. The Bertz CT molecular complexity index is 580. The van der Waals surface area contributed by atoms with Crippen LogP contribution in [-0.4, -0.2) is 66.6 Å². The first kappa shape index (κ1) is 23.2. The number of rotatable bonds is 6. The van der Waals surface area contributed by atoms with Gasteiger partial charge in [-0.1, -0.05) is 13.8 Å². The molecule has 1 aromatic heterocycles. The van der Waals surface area contributed by atoms with Crippen molar-refractivity contribution in [3.63, 3.8) is 0 Å². The molecule has 1 aliphatic heterocycles. The van der Waals surface area contributed by atoms with Crippen molar-refractivity contribution in [1.82, 2.24) is 25.3 Å². The van der Waals surface area contributed by atoms with E-state index in [1.807, 2.05) is 25.7 Å². The summed E-state index contributed by atoms with van der Waals surface area (Å²) >= 11 is 0. The van der Waals surface area contributed by atoms with E-state index in [2.05, 4.69) is 46.4 Å². The minimum atomic E-state index is 0. The molecule has 2 heterocycles. The van der Waals surface area contributed by atoms with Crippen molar-refractivity contribution in [3.8, 4) is 0 Å². The quantitative estimate of drug-likeness (QED) is 0.370. The summed E-state index contributed by atoms with van der Waals surface area (Å²) in [5, 5.41) is 11.4. The normalized spacial score (nSPS) is 17.1. The molecule has 1 aromatic rings. The van der Waals surface area contributed by atoms with Crippen LogP contribution >= 0.6 is 24.0 Å². The number of aromatic nitrogens is 2. The van der Waals surface area contributed by atoms with Crippen LogP contribution in [0, 0.1) is 19.8 Å². The van der Waals surface area contributed by atoms with Crippen molar-refractivity contribution >= 4 is 29.9 Å². The number of nitrogens with one attached hydrogen (secondary N) is 2. The van der Waals surface area contributed by atoms with Crippen LogP contribution in [0.5, 0.6) is 0 Å². The van der Waals surface area contributed by atoms with Crippen LogP contribution in [0.4, 0.5) is 0 Å². The summed E-state index contributed by atoms with van der Waals surface area (Å²) < 4.78 is 7.41. The van der Waals surface area contributed by atoms with Crippen LogP contribution < -0.4 is 10.6 Å². The Labute approximate surface area is 175 Å². The molecule has 2 rings (SSSR count). The summed E-state index contributed by atoms with van der Waals surface area (Å²) in [4.78, 5) is 6.89. The summed E-state index contributed by atoms with van der Waals surface area (Å²) in [6, 6.07) is 0.476. The molecule has 1 atom stereocenters. The van der Waals surface area contributed by atoms with E-state index in [1.165, 1.54) is 11.3 Å². The van der Waals surface area contributed by atoms with Crippen LogP contribution in [0.2, 0.25) is 0 Å². The van der Waals surface area contributed by atoms with Gasteiger partial charge in [0.15, 0.2) is 5.96 Å². The third-order valence-corrected chi connectivity index (χ3v) is 5.08. The molecule has 1 unspecified atom stereocenters. The van der Waals surface area contributed by atoms with E-state index >= 15 is 0 Å². The number of morpholine rings is 1. The fourth-order valence-electron chi connectivity index (χ4n) is 3.36. The molecule has 1 saturated heterocycles. The molecule has 0 aromatic carbocycles. The molecule has 150 valence electrons. The predicted molar refractivity (Wildman–Crippen MR) is 117 cm³/mol. The first-order valence-corrected chi connectivity index (χ1v) is 9.19. The van der Waals surface area contributed by atoms with Crippen molar-refractivity contribution in [1.29, 1.82) is 0 Å². The summed E-state index contributed by atoms with van der Waals surface area (Å²) in [5.74, 6) is 1.41. The van der Waals surface area contributed by atoms with Gasteiger partial charge in [-0.25, -0.2) is 0 Å².